The lowest BCUT2D eigenvalue weighted by atomic mass is 9.95. The van der Waals surface area contributed by atoms with E-state index in [9.17, 15) is 5.48 Å². The van der Waals surface area contributed by atoms with Gasteiger partial charge in [0.15, 0.2) is 0 Å². The van der Waals surface area contributed by atoms with Gasteiger partial charge in [0.05, 0.1) is 27.9 Å². The standard InChI is InChI=1S/C68H44N2O/c1-2-17-51-44-67-61(43-50(51)16-1)68-60(25-14-30-66(68)71-67)59-23-8-10-27-63(59)69(52-39-35-46(36-40-52)45-31-33-48(34-32-45)55-24-13-18-47-15-3-4-19-54(47)55)53-41-37-49(38-42-53)56-20-5-9-26-62(56)70-64-28-11-6-21-57(64)58-22-7-12-29-65(58)70/h1-44H/i35D,36D,39D,40D. The SMILES string of the molecule is [2H]c1c([2H])c(N(c2ccc(-c3ccccc3-n3c4ccccc4c4ccccc43)cc2)c2ccccc2-c2cccc3oc4cc5ccccc5cc4c23)c([2H])c([2H])c1-c1ccc(-c2cccc3ccccc23)cc1. The summed E-state index contributed by atoms with van der Waals surface area (Å²) in [4.78, 5) is 1.91. The summed E-state index contributed by atoms with van der Waals surface area (Å²) in [5, 5.41) is 8.76. The van der Waals surface area contributed by atoms with Gasteiger partial charge in [-0.05, 0) is 122 Å². The van der Waals surface area contributed by atoms with Gasteiger partial charge >= 0.3 is 0 Å². The van der Waals surface area contributed by atoms with Crippen molar-refractivity contribution in [3.63, 3.8) is 0 Å². The second-order valence-corrected chi connectivity index (χ2v) is 18.1. The molecule has 0 spiro atoms. The maximum Gasteiger partial charge on any atom is 0.136 e. The molecule has 14 rings (SSSR count). The van der Waals surface area contributed by atoms with Crippen molar-refractivity contribution in [3.8, 4) is 50.2 Å². The summed E-state index contributed by atoms with van der Waals surface area (Å²) in [5.41, 5.74) is 13.0. The normalized spacial score (nSPS) is 12.5. The third kappa shape index (κ3) is 6.82. The maximum absolute atomic E-state index is 9.95. The molecule has 0 saturated carbocycles. The van der Waals surface area contributed by atoms with Crippen LogP contribution in [0.3, 0.4) is 0 Å². The molecule has 2 heterocycles. The molecule has 0 amide bonds. The third-order valence-electron chi connectivity index (χ3n) is 14.1. The van der Waals surface area contributed by atoms with Crippen molar-refractivity contribution in [1.29, 1.82) is 0 Å². The van der Waals surface area contributed by atoms with E-state index >= 15 is 0 Å². The number of anilines is 3. The molecule has 0 fully saturated rings. The molecule has 0 bridgehead atoms. The van der Waals surface area contributed by atoms with E-state index in [0.29, 0.717) is 16.9 Å². The lowest BCUT2D eigenvalue weighted by molar-refractivity contribution is 0.669. The highest BCUT2D eigenvalue weighted by atomic mass is 16.3. The van der Waals surface area contributed by atoms with Crippen molar-refractivity contribution < 1.29 is 9.90 Å². The summed E-state index contributed by atoms with van der Waals surface area (Å²) >= 11 is 0. The lowest BCUT2D eigenvalue weighted by Gasteiger charge is -2.28. The van der Waals surface area contributed by atoms with Crippen LogP contribution in [0.1, 0.15) is 5.48 Å². The molecule has 332 valence electrons. The first-order chi connectivity index (χ1) is 36.9. The Balaban J connectivity index is 0.950. The fraction of sp³-hybridized carbons (Fsp3) is 0. The quantitative estimate of drug-likeness (QED) is 0.151. The zero-order valence-corrected chi connectivity index (χ0v) is 38.4. The Morgan fingerprint density at radius 2 is 0.873 bits per heavy atom. The summed E-state index contributed by atoms with van der Waals surface area (Å²) in [5.74, 6) is 0. The first-order valence-electron chi connectivity index (χ1n) is 26.0. The fourth-order valence-electron chi connectivity index (χ4n) is 10.8. The minimum atomic E-state index is -0.154. The summed E-state index contributed by atoms with van der Waals surface area (Å²) in [7, 11) is 0. The molecule has 14 aromatic rings. The minimum Gasteiger partial charge on any atom is -0.456 e. The maximum atomic E-state index is 9.95. The van der Waals surface area contributed by atoms with E-state index in [4.69, 9.17) is 4.42 Å². The number of hydrogen-bond acceptors (Lipinski definition) is 2. The van der Waals surface area contributed by atoms with Gasteiger partial charge in [0.25, 0.3) is 0 Å². The number of rotatable bonds is 8. The van der Waals surface area contributed by atoms with Crippen LogP contribution >= 0.6 is 0 Å². The molecule has 0 radical (unpaired) electrons. The Kier molecular flexibility index (Phi) is 8.58. The van der Waals surface area contributed by atoms with Crippen LogP contribution in [0.4, 0.5) is 17.1 Å². The largest absolute Gasteiger partial charge is 0.456 e. The molecule has 3 heteroatoms. The minimum absolute atomic E-state index is 0.127. The highest BCUT2D eigenvalue weighted by Crippen LogP contribution is 2.46. The first kappa shape index (κ1) is 36.6. The van der Waals surface area contributed by atoms with Crippen molar-refractivity contribution in [3.05, 3.63) is 267 Å². The Bertz CT molecular complexity index is 4510. The average Bonchev–Trinajstić information content (AvgIpc) is 4.01. The van der Waals surface area contributed by atoms with E-state index in [1.807, 2.05) is 95.9 Å². The van der Waals surface area contributed by atoms with Crippen molar-refractivity contribution >= 4 is 82.4 Å². The molecular weight excluding hydrogens is 861 g/mol. The van der Waals surface area contributed by atoms with Crippen molar-refractivity contribution in [2.45, 2.75) is 0 Å². The van der Waals surface area contributed by atoms with E-state index in [0.717, 1.165) is 93.6 Å². The van der Waals surface area contributed by atoms with Crippen LogP contribution in [0.25, 0.3) is 115 Å². The zero-order valence-electron chi connectivity index (χ0n) is 42.4. The predicted octanol–water partition coefficient (Wildman–Crippen LogP) is 19.1. The topological polar surface area (TPSA) is 21.3 Å². The number of fused-ring (bicyclic) bond motifs is 8. The summed E-state index contributed by atoms with van der Waals surface area (Å²) < 4.78 is 48.3. The van der Waals surface area contributed by atoms with Gasteiger partial charge in [0.2, 0.25) is 0 Å². The first-order valence-corrected chi connectivity index (χ1v) is 24.0. The Morgan fingerprint density at radius 3 is 1.63 bits per heavy atom. The molecule has 3 nitrogen and oxygen atoms in total. The molecule has 0 aliphatic heterocycles. The second-order valence-electron chi connectivity index (χ2n) is 18.1. The molecule has 71 heavy (non-hydrogen) atoms. The lowest BCUT2D eigenvalue weighted by Crippen LogP contribution is -2.11. The molecule has 0 aliphatic rings. The predicted molar refractivity (Wildman–Crippen MR) is 299 cm³/mol. The summed E-state index contributed by atoms with van der Waals surface area (Å²) in [6.45, 7) is 0. The van der Waals surface area contributed by atoms with E-state index in [-0.39, 0.29) is 35.4 Å². The zero-order chi connectivity index (χ0) is 50.3. The highest BCUT2D eigenvalue weighted by Gasteiger charge is 2.22. The molecule has 2 aromatic heterocycles. The molecule has 0 N–H and O–H groups in total. The van der Waals surface area contributed by atoms with E-state index in [1.165, 1.54) is 10.8 Å². The smallest absolute Gasteiger partial charge is 0.136 e. The number of para-hydroxylation sites is 4. The molecule has 0 aliphatic carbocycles. The van der Waals surface area contributed by atoms with E-state index in [1.54, 1.807) is 0 Å². The Morgan fingerprint density at radius 1 is 0.338 bits per heavy atom. The van der Waals surface area contributed by atoms with Crippen LogP contribution in [0.5, 0.6) is 0 Å². The van der Waals surface area contributed by atoms with Gasteiger partial charge in [-0.2, -0.15) is 0 Å². The van der Waals surface area contributed by atoms with Gasteiger partial charge in [0, 0.05) is 44.0 Å². The molecule has 0 atom stereocenters. The van der Waals surface area contributed by atoms with Gasteiger partial charge in [-0.15, -0.1) is 0 Å². The second kappa shape index (κ2) is 16.7. The molecule has 12 aromatic carbocycles. The molecule has 0 unspecified atom stereocenters. The highest BCUT2D eigenvalue weighted by molar-refractivity contribution is 6.17. The average molecular weight is 909 g/mol. The Labute approximate surface area is 417 Å². The number of aromatic nitrogens is 1. The number of hydrogen-bond donors (Lipinski definition) is 0. The van der Waals surface area contributed by atoms with Crippen LogP contribution in [-0.4, -0.2) is 4.57 Å². The number of benzene rings is 12. The van der Waals surface area contributed by atoms with Crippen molar-refractivity contribution in [2.75, 3.05) is 4.90 Å². The van der Waals surface area contributed by atoms with Crippen LogP contribution in [0, 0.1) is 0 Å². The van der Waals surface area contributed by atoms with Gasteiger partial charge in [-0.25, -0.2) is 0 Å². The van der Waals surface area contributed by atoms with Crippen molar-refractivity contribution in [2.24, 2.45) is 0 Å². The van der Waals surface area contributed by atoms with E-state index in [2.05, 4.69) is 156 Å². The molecular formula is C68H44N2O. The van der Waals surface area contributed by atoms with Gasteiger partial charge in [0.1, 0.15) is 11.2 Å². The fourth-order valence-corrected chi connectivity index (χ4v) is 10.8. The molecule has 0 saturated heterocycles. The van der Waals surface area contributed by atoms with Crippen LogP contribution in [-0.2, 0) is 0 Å². The number of furan rings is 1. The van der Waals surface area contributed by atoms with Crippen LogP contribution < -0.4 is 4.90 Å². The summed E-state index contributed by atoms with van der Waals surface area (Å²) in [6, 6.07) is 82.2. The Hall–Kier alpha value is -9.44. The number of nitrogens with zero attached hydrogens (tertiary/aromatic N) is 2. The third-order valence-corrected chi connectivity index (χ3v) is 14.1. The van der Waals surface area contributed by atoms with Crippen LogP contribution in [0.2, 0.25) is 0 Å². The van der Waals surface area contributed by atoms with Gasteiger partial charge in [-0.1, -0.05) is 200 Å². The summed E-state index contributed by atoms with van der Waals surface area (Å²) in [6.07, 6.45) is 0. The van der Waals surface area contributed by atoms with Gasteiger partial charge < -0.3 is 13.9 Å². The van der Waals surface area contributed by atoms with E-state index < -0.39 is 0 Å². The van der Waals surface area contributed by atoms with Crippen molar-refractivity contribution in [1.82, 2.24) is 4.57 Å². The van der Waals surface area contributed by atoms with Gasteiger partial charge in [-0.3, -0.25) is 0 Å². The monoisotopic (exact) mass is 908 g/mol. The van der Waals surface area contributed by atoms with Crippen LogP contribution in [0.15, 0.2) is 271 Å².